The summed E-state index contributed by atoms with van der Waals surface area (Å²) in [7, 11) is 0. The van der Waals surface area contributed by atoms with Crippen molar-refractivity contribution in [2.24, 2.45) is 0 Å². The standard InChI is InChI=1S/C24H29N3O5S/c1-16-22(29)26(19-10-6-7-11-20(19)31-16)14-12-21(28)32-17(2)23(30)27(24-25-13-15-33-24)18-8-4-3-5-9-18/h6-7,10-11,13,15-18H,3-5,8-9,12,14H2,1-2H3. The molecule has 1 saturated carbocycles. The first-order chi connectivity index (χ1) is 16.0. The van der Waals surface area contributed by atoms with E-state index in [0.717, 1.165) is 25.7 Å². The third-order valence-electron chi connectivity index (χ3n) is 6.07. The van der Waals surface area contributed by atoms with Gasteiger partial charge in [0.2, 0.25) is 0 Å². The quantitative estimate of drug-likeness (QED) is 0.568. The summed E-state index contributed by atoms with van der Waals surface area (Å²) in [4.78, 5) is 46.1. The molecule has 4 rings (SSSR count). The fraction of sp³-hybridized carbons (Fsp3) is 0.500. The van der Waals surface area contributed by atoms with Gasteiger partial charge in [-0.25, -0.2) is 4.98 Å². The van der Waals surface area contributed by atoms with Crippen LogP contribution in [0.4, 0.5) is 10.8 Å². The third-order valence-corrected chi connectivity index (χ3v) is 6.84. The fourth-order valence-electron chi connectivity index (χ4n) is 4.40. The minimum absolute atomic E-state index is 0.0227. The first-order valence-electron chi connectivity index (χ1n) is 11.4. The highest BCUT2D eigenvalue weighted by molar-refractivity contribution is 7.13. The van der Waals surface area contributed by atoms with Crippen LogP contribution in [0.25, 0.3) is 0 Å². The Bertz CT molecular complexity index is 990. The maximum Gasteiger partial charge on any atom is 0.308 e. The molecule has 2 unspecified atom stereocenters. The maximum absolute atomic E-state index is 13.3. The molecule has 1 aromatic heterocycles. The zero-order valence-corrected chi connectivity index (χ0v) is 19.8. The molecule has 0 N–H and O–H groups in total. The zero-order chi connectivity index (χ0) is 23.4. The van der Waals surface area contributed by atoms with Crippen molar-refractivity contribution >= 4 is 39.9 Å². The first-order valence-corrected chi connectivity index (χ1v) is 12.3. The predicted octanol–water partition coefficient (Wildman–Crippen LogP) is 3.94. The number of thiazole rings is 1. The van der Waals surface area contributed by atoms with Gasteiger partial charge in [-0.15, -0.1) is 11.3 Å². The van der Waals surface area contributed by atoms with Gasteiger partial charge in [-0.2, -0.15) is 0 Å². The van der Waals surface area contributed by atoms with E-state index < -0.39 is 18.2 Å². The number of hydrogen-bond donors (Lipinski definition) is 0. The smallest absolute Gasteiger partial charge is 0.308 e. The first kappa shape index (κ1) is 23.2. The summed E-state index contributed by atoms with van der Waals surface area (Å²) in [6.45, 7) is 3.44. The van der Waals surface area contributed by atoms with Crippen molar-refractivity contribution in [2.75, 3.05) is 16.3 Å². The molecule has 2 atom stereocenters. The lowest BCUT2D eigenvalue weighted by Crippen LogP contribution is -2.47. The molecular weight excluding hydrogens is 442 g/mol. The number of para-hydroxylation sites is 2. The Morgan fingerprint density at radius 3 is 2.76 bits per heavy atom. The van der Waals surface area contributed by atoms with Crippen LogP contribution in [0.3, 0.4) is 0 Å². The van der Waals surface area contributed by atoms with Gasteiger partial charge >= 0.3 is 5.97 Å². The van der Waals surface area contributed by atoms with Crippen LogP contribution in [-0.2, 0) is 19.1 Å². The molecule has 0 bridgehead atoms. The second-order valence-electron chi connectivity index (χ2n) is 8.41. The van der Waals surface area contributed by atoms with E-state index in [1.807, 2.05) is 17.5 Å². The number of benzene rings is 1. The molecule has 2 aliphatic rings. The third kappa shape index (κ3) is 5.19. The molecule has 1 aliphatic heterocycles. The topological polar surface area (TPSA) is 89.0 Å². The number of ether oxygens (including phenoxy) is 2. The van der Waals surface area contributed by atoms with Crippen molar-refractivity contribution in [1.29, 1.82) is 0 Å². The number of carbonyl (C=O) groups excluding carboxylic acids is 3. The van der Waals surface area contributed by atoms with Gasteiger partial charge in [-0.3, -0.25) is 19.3 Å². The highest BCUT2D eigenvalue weighted by Gasteiger charge is 2.34. The monoisotopic (exact) mass is 471 g/mol. The summed E-state index contributed by atoms with van der Waals surface area (Å²) in [5, 5.41) is 2.48. The van der Waals surface area contributed by atoms with Crippen LogP contribution in [0.5, 0.6) is 5.75 Å². The van der Waals surface area contributed by atoms with E-state index in [9.17, 15) is 14.4 Å². The molecule has 9 heteroatoms. The summed E-state index contributed by atoms with van der Waals surface area (Å²) < 4.78 is 11.1. The number of esters is 1. The van der Waals surface area contributed by atoms with Gasteiger partial charge in [0.05, 0.1) is 12.1 Å². The Labute approximate surface area is 197 Å². The second kappa shape index (κ2) is 10.3. The number of anilines is 2. The molecule has 176 valence electrons. The van der Waals surface area contributed by atoms with Gasteiger partial charge < -0.3 is 14.4 Å². The van der Waals surface area contributed by atoms with Crippen LogP contribution in [0.2, 0.25) is 0 Å². The molecule has 1 aromatic carbocycles. The molecule has 1 fully saturated rings. The van der Waals surface area contributed by atoms with Crippen LogP contribution in [0.1, 0.15) is 52.4 Å². The van der Waals surface area contributed by atoms with Gasteiger partial charge in [-0.1, -0.05) is 31.4 Å². The largest absolute Gasteiger partial charge is 0.479 e. The van der Waals surface area contributed by atoms with Crippen molar-refractivity contribution < 1.29 is 23.9 Å². The SMILES string of the molecule is CC1Oc2ccccc2N(CCC(=O)OC(C)C(=O)N(c2nccs2)C2CCCCC2)C1=O. The van der Waals surface area contributed by atoms with E-state index in [1.165, 1.54) is 17.8 Å². The van der Waals surface area contributed by atoms with Crippen molar-refractivity contribution in [2.45, 2.75) is 70.6 Å². The average Bonchev–Trinajstić information content (AvgIpc) is 3.34. The normalized spacial score (nSPS) is 19.4. The fourth-order valence-corrected chi connectivity index (χ4v) is 5.12. The van der Waals surface area contributed by atoms with Gasteiger partial charge in [0.25, 0.3) is 11.8 Å². The second-order valence-corrected chi connectivity index (χ2v) is 9.29. The van der Waals surface area contributed by atoms with E-state index in [-0.39, 0.29) is 30.8 Å². The zero-order valence-electron chi connectivity index (χ0n) is 18.9. The van der Waals surface area contributed by atoms with E-state index in [4.69, 9.17) is 9.47 Å². The average molecular weight is 472 g/mol. The molecule has 0 saturated heterocycles. The number of amides is 2. The van der Waals surface area contributed by atoms with Crippen molar-refractivity contribution in [3.63, 3.8) is 0 Å². The van der Waals surface area contributed by atoms with E-state index in [0.29, 0.717) is 16.6 Å². The summed E-state index contributed by atoms with van der Waals surface area (Å²) in [5.41, 5.74) is 0.629. The minimum Gasteiger partial charge on any atom is -0.479 e. The molecule has 0 spiro atoms. The number of aromatic nitrogens is 1. The number of hydrogen-bond acceptors (Lipinski definition) is 7. The molecular formula is C24H29N3O5S. The maximum atomic E-state index is 13.3. The van der Waals surface area contributed by atoms with E-state index in [2.05, 4.69) is 4.98 Å². The van der Waals surface area contributed by atoms with Gasteiger partial charge in [0, 0.05) is 24.2 Å². The summed E-state index contributed by atoms with van der Waals surface area (Å²) in [5.74, 6) is -0.388. The van der Waals surface area contributed by atoms with Crippen molar-refractivity contribution in [3.05, 3.63) is 35.8 Å². The molecule has 2 amide bonds. The highest BCUT2D eigenvalue weighted by atomic mass is 32.1. The Balaban J connectivity index is 1.39. The lowest BCUT2D eigenvalue weighted by Gasteiger charge is -2.34. The van der Waals surface area contributed by atoms with Gasteiger partial charge in [0.15, 0.2) is 17.3 Å². The Hall–Kier alpha value is -2.94. The molecule has 8 nitrogen and oxygen atoms in total. The Morgan fingerprint density at radius 2 is 2.03 bits per heavy atom. The highest BCUT2D eigenvalue weighted by Crippen LogP contribution is 2.34. The Kier molecular flexibility index (Phi) is 7.27. The molecule has 2 heterocycles. The number of nitrogens with zero attached hydrogens (tertiary/aromatic N) is 3. The van der Waals surface area contributed by atoms with E-state index >= 15 is 0 Å². The lowest BCUT2D eigenvalue weighted by molar-refractivity contribution is -0.154. The lowest BCUT2D eigenvalue weighted by atomic mass is 9.94. The van der Waals surface area contributed by atoms with Crippen molar-refractivity contribution in [3.8, 4) is 5.75 Å². The number of fused-ring (bicyclic) bond motifs is 1. The molecule has 1 aliphatic carbocycles. The predicted molar refractivity (Wildman–Crippen MR) is 126 cm³/mol. The molecule has 33 heavy (non-hydrogen) atoms. The summed E-state index contributed by atoms with van der Waals surface area (Å²) in [6.07, 6.45) is 5.24. The number of carbonyl (C=O) groups is 3. The molecule has 2 aromatic rings. The van der Waals surface area contributed by atoms with Gasteiger partial charge in [0.1, 0.15) is 5.75 Å². The van der Waals surface area contributed by atoms with Crippen LogP contribution in [0.15, 0.2) is 35.8 Å². The van der Waals surface area contributed by atoms with Gasteiger partial charge in [-0.05, 0) is 38.8 Å². The summed E-state index contributed by atoms with van der Waals surface area (Å²) >= 11 is 1.41. The summed E-state index contributed by atoms with van der Waals surface area (Å²) in [6, 6.07) is 7.30. The van der Waals surface area contributed by atoms with Crippen LogP contribution in [0, 0.1) is 0 Å². The van der Waals surface area contributed by atoms with Crippen LogP contribution >= 0.6 is 11.3 Å². The number of rotatable bonds is 7. The van der Waals surface area contributed by atoms with E-state index in [1.54, 1.807) is 42.0 Å². The minimum atomic E-state index is -0.935. The van der Waals surface area contributed by atoms with Crippen LogP contribution in [-0.4, -0.2) is 47.6 Å². The Morgan fingerprint density at radius 1 is 1.27 bits per heavy atom. The molecule has 0 radical (unpaired) electrons. The van der Waals surface area contributed by atoms with Crippen LogP contribution < -0.4 is 14.5 Å². The van der Waals surface area contributed by atoms with Crippen molar-refractivity contribution in [1.82, 2.24) is 4.98 Å².